The second-order valence-corrected chi connectivity index (χ2v) is 5.55. The van der Waals surface area contributed by atoms with Gasteiger partial charge in [-0.1, -0.05) is 0 Å². The van der Waals surface area contributed by atoms with Crippen LogP contribution in [0.1, 0.15) is 10.4 Å². The highest BCUT2D eigenvalue weighted by Gasteiger charge is 2.21. The van der Waals surface area contributed by atoms with E-state index in [4.69, 9.17) is 14.2 Å². The maximum Gasteiger partial charge on any atom is 0.251 e. The quantitative estimate of drug-likeness (QED) is 0.802. The number of amides is 1. The Bertz CT molecular complexity index is 541. The van der Waals surface area contributed by atoms with Crippen molar-refractivity contribution in [2.75, 3.05) is 59.6 Å². The average molecular weight is 321 g/mol. The maximum atomic E-state index is 12.3. The lowest BCUT2D eigenvalue weighted by Gasteiger charge is -2.27. The number of hydrogen-bond acceptors (Lipinski definition) is 6. The van der Waals surface area contributed by atoms with Gasteiger partial charge in [0.2, 0.25) is 5.75 Å². The van der Waals surface area contributed by atoms with E-state index in [2.05, 4.69) is 15.5 Å². The molecule has 0 atom stereocenters. The highest BCUT2D eigenvalue weighted by molar-refractivity contribution is 5.95. The summed E-state index contributed by atoms with van der Waals surface area (Å²) in [5, 5.41) is 6.26. The average Bonchev–Trinajstić information content (AvgIpc) is 2.61. The van der Waals surface area contributed by atoms with Crippen molar-refractivity contribution in [2.24, 2.45) is 0 Å². The third-order valence-corrected chi connectivity index (χ3v) is 4.01. The molecule has 7 heteroatoms. The van der Waals surface area contributed by atoms with Gasteiger partial charge in [0.25, 0.3) is 5.91 Å². The molecular weight excluding hydrogens is 298 g/mol. The molecule has 7 nitrogen and oxygen atoms in total. The first kappa shape index (κ1) is 15.9. The van der Waals surface area contributed by atoms with Crippen LogP contribution in [-0.2, 0) is 0 Å². The summed E-state index contributed by atoms with van der Waals surface area (Å²) in [5.41, 5.74) is 0.520. The summed E-state index contributed by atoms with van der Waals surface area (Å²) in [6.07, 6.45) is 0. The maximum absolute atomic E-state index is 12.3. The third kappa shape index (κ3) is 3.86. The van der Waals surface area contributed by atoms with Crippen LogP contribution >= 0.6 is 0 Å². The Morgan fingerprint density at radius 1 is 1.30 bits per heavy atom. The van der Waals surface area contributed by atoms with Crippen LogP contribution in [0.5, 0.6) is 17.2 Å². The van der Waals surface area contributed by atoms with Crippen LogP contribution < -0.4 is 24.8 Å². The van der Waals surface area contributed by atoms with E-state index in [0.717, 1.165) is 32.7 Å². The SMILES string of the molecule is COc1cc(C(=O)NCCN2CCNCC2)cc2c1OCCO2. The van der Waals surface area contributed by atoms with Crippen molar-refractivity contribution in [3.05, 3.63) is 17.7 Å². The van der Waals surface area contributed by atoms with Crippen LogP contribution in [0.25, 0.3) is 0 Å². The van der Waals surface area contributed by atoms with Crippen LogP contribution in [0, 0.1) is 0 Å². The van der Waals surface area contributed by atoms with E-state index in [1.54, 1.807) is 19.2 Å². The Kier molecular flexibility index (Phi) is 5.19. The second kappa shape index (κ2) is 7.52. The molecule has 1 amide bonds. The normalized spacial score (nSPS) is 17.6. The number of benzene rings is 1. The molecule has 0 aromatic heterocycles. The van der Waals surface area contributed by atoms with E-state index in [-0.39, 0.29) is 5.91 Å². The lowest BCUT2D eigenvalue weighted by atomic mass is 10.1. The van der Waals surface area contributed by atoms with E-state index in [0.29, 0.717) is 42.6 Å². The predicted molar refractivity (Wildman–Crippen MR) is 85.6 cm³/mol. The van der Waals surface area contributed by atoms with Crippen molar-refractivity contribution in [3.63, 3.8) is 0 Å². The summed E-state index contributed by atoms with van der Waals surface area (Å²) in [4.78, 5) is 14.7. The van der Waals surface area contributed by atoms with Crippen molar-refractivity contribution >= 4 is 5.91 Å². The molecule has 1 fully saturated rings. The molecule has 23 heavy (non-hydrogen) atoms. The number of carbonyl (C=O) groups is 1. The summed E-state index contributed by atoms with van der Waals surface area (Å²) >= 11 is 0. The van der Waals surface area contributed by atoms with Gasteiger partial charge in [0, 0.05) is 44.8 Å². The summed E-state index contributed by atoms with van der Waals surface area (Å²) in [7, 11) is 1.56. The zero-order valence-corrected chi connectivity index (χ0v) is 13.4. The fourth-order valence-corrected chi connectivity index (χ4v) is 2.77. The van der Waals surface area contributed by atoms with Crippen LogP contribution in [0.2, 0.25) is 0 Å². The predicted octanol–water partition coefficient (Wildman–Crippen LogP) is 0.101. The highest BCUT2D eigenvalue weighted by Crippen LogP contribution is 2.40. The van der Waals surface area contributed by atoms with Crippen molar-refractivity contribution in [1.82, 2.24) is 15.5 Å². The van der Waals surface area contributed by atoms with Gasteiger partial charge >= 0.3 is 0 Å². The smallest absolute Gasteiger partial charge is 0.251 e. The molecule has 2 aliphatic rings. The largest absolute Gasteiger partial charge is 0.493 e. The van der Waals surface area contributed by atoms with E-state index >= 15 is 0 Å². The Balaban J connectivity index is 1.60. The van der Waals surface area contributed by atoms with Gasteiger partial charge in [0.05, 0.1) is 7.11 Å². The lowest BCUT2D eigenvalue weighted by molar-refractivity contribution is 0.0945. The van der Waals surface area contributed by atoms with Gasteiger partial charge < -0.3 is 24.8 Å². The number of fused-ring (bicyclic) bond motifs is 1. The molecule has 126 valence electrons. The number of methoxy groups -OCH3 is 1. The van der Waals surface area contributed by atoms with Gasteiger partial charge in [0.1, 0.15) is 13.2 Å². The second-order valence-electron chi connectivity index (χ2n) is 5.55. The topological polar surface area (TPSA) is 72.1 Å². The molecule has 0 bridgehead atoms. The zero-order chi connectivity index (χ0) is 16.1. The number of rotatable bonds is 5. The van der Waals surface area contributed by atoms with Gasteiger partial charge in [-0.05, 0) is 12.1 Å². The monoisotopic (exact) mass is 321 g/mol. The van der Waals surface area contributed by atoms with Crippen LogP contribution in [-0.4, -0.2) is 70.4 Å². The molecule has 2 aliphatic heterocycles. The number of nitrogens with zero attached hydrogens (tertiary/aromatic N) is 1. The van der Waals surface area contributed by atoms with Crippen molar-refractivity contribution in [2.45, 2.75) is 0 Å². The van der Waals surface area contributed by atoms with Gasteiger partial charge in [0.15, 0.2) is 11.5 Å². The van der Waals surface area contributed by atoms with Crippen molar-refractivity contribution in [3.8, 4) is 17.2 Å². The Morgan fingerprint density at radius 2 is 2.09 bits per heavy atom. The number of carbonyl (C=O) groups excluding carboxylic acids is 1. The molecule has 0 radical (unpaired) electrons. The highest BCUT2D eigenvalue weighted by atomic mass is 16.6. The zero-order valence-electron chi connectivity index (χ0n) is 13.4. The molecular formula is C16H23N3O4. The summed E-state index contributed by atoms with van der Waals surface area (Å²) in [6.45, 7) is 6.50. The fraction of sp³-hybridized carbons (Fsp3) is 0.562. The number of ether oxygens (including phenoxy) is 3. The van der Waals surface area contributed by atoms with Gasteiger partial charge in [-0.15, -0.1) is 0 Å². The Labute approximate surface area is 135 Å². The molecule has 2 N–H and O–H groups in total. The third-order valence-electron chi connectivity index (χ3n) is 4.01. The molecule has 0 saturated carbocycles. The van der Waals surface area contributed by atoms with Gasteiger partial charge in [-0.2, -0.15) is 0 Å². The molecule has 0 aliphatic carbocycles. The molecule has 2 heterocycles. The first-order valence-electron chi connectivity index (χ1n) is 7.97. The van der Waals surface area contributed by atoms with Crippen LogP contribution in [0.15, 0.2) is 12.1 Å². The van der Waals surface area contributed by atoms with E-state index in [1.807, 2.05) is 0 Å². The summed E-state index contributed by atoms with van der Waals surface area (Å²) < 4.78 is 16.4. The van der Waals surface area contributed by atoms with Crippen molar-refractivity contribution in [1.29, 1.82) is 0 Å². The standard InChI is InChI=1S/C16H23N3O4/c1-21-13-10-12(11-14-15(13)23-9-8-22-14)16(20)18-4-7-19-5-2-17-3-6-19/h10-11,17H,2-9H2,1H3,(H,18,20). The van der Waals surface area contributed by atoms with E-state index < -0.39 is 0 Å². The van der Waals surface area contributed by atoms with Gasteiger partial charge in [-0.25, -0.2) is 0 Å². The minimum absolute atomic E-state index is 0.129. The molecule has 1 aromatic rings. The van der Waals surface area contributed by atoms with Crippen LogP contribution in [0.3, 0.4) is 0 Å². The number of piperazine rings is 1. The summed E-state index contributed by atoms with van der Waals surface area (Å²) in [5.74, 6) is 1.52. The van der Waals surface area contributed by atoms with Gasteiger partial charge in [-0.3, -0.25) is 9.69 Å². The lowest BCUT2D eigenvalue weighted by Crippen LogP contribution is -2.46. The van der Waals surface area contributed by atoms with E-state index in [1.165, 1.54) is 0 Å². The molecule has 1 saturated heterocycles. The fourth-order valence-electron chi connectivity index (χ4n) is 2.77. The first-order valence-corrected chi connectivity index (χ1v) is 7.97. The van der Waals surface area contributed by atoms with E-state index in [9.17, 15) is 4.79 Å². The molecule has 0 unspecified atom stereocenters. The minimum Gasteiger partial charge on any atom is -0.493 e. The molecule has 1 aromatic carbocycles. The molecule has 3 rings (SSSR count). The Morgan fingerprint density at radius 3 is 2.87 bits per heavy atom. The van der Waals surface area contributed by atoms with Crippen LogP contribution in [0.4, 0.5) is 0 Å². The number of hydrogen-bond donors (Lipinski definition) is 2. The minimum atomic E-state index is -0.129. The molecule has 0 spiro atoms. The van der Waals surface area contributed by atoms with Crippen molar-refractivity contribution < 1.29 is 19.0 Å². The number of nitrogens with one attached hydrogen (secondary N) is 2. The first-order chi connectivity index (χ1) is 11.3. The Hall–Kier alpha value is -1.99. The summed E-state index contributed by atoms with van der Waals surface area (Å²) in [6, 6.07) is 3.39.